The molecule has 0 saturated carbocycles. The van der Waals surface area contributed by atoms with E-state index in [-0.39, 0.29) is 12.2 Å². The fourth-order valence-electron chi connectivity index (χ4n) is 2.48. The molecule has 0 aliphatic rings. The molecule has 0 aliphatic heterocycles. The zero-order valence-electron chi connectivity index (χ0n) is 15.2. The van der Waals surface area contributed by atoms with Gasteiger partial charge in [0.2, 0.25) is 0 Å². The average Bonchev–Trinajstić information content (AvgIpc) is 2.66. The molecule has 2 N–H and O–H groups in total. The highest BCUT2D eigenvalue weighted by Gasteiger charge is 2.45. The first-order valence-corrected chi connectivity index (χ1v) is 8.28. The van der Waals surface area contributed by atoms with Gasteiger partial charge in [-0.1, -0.05) is 0 Å². The predicted octanol–water partition coefficient (Wildman–Crippen LogP) is 2.24. The molecule has 2 heterocycles. The topological polar surface area (TPSA) is 127 Å². The fraction of sp³-hybridized carbons (Fsp3) is 0.316. The van der Waals surface area contributed by atoms with Crippen molar-refractivity contribution in [2.45, 2.75) is 32.1 Å². The van der Waals surface area contributed by atoms with Crippen LogP contribution in [0, 0.1) is 0 Å². The summed E-state index contributed by atoms with van der Waals surface area (Å²) in [5.74, 6) is -3.94. The molecule has 2 aromatic heterocycles. The SMILES string of the molecule is CCOC(=O)C(C)(C(=O)O)c1ccnc(-c2cc(C(C)C(=O)O)ccn2)c1. The van der Waals surface area contributed by atoms with Crippen molar-refractivity contribution in [2.75, 3.05) is 6.61 Å². The van der Waals surface area contributed by atoms with E-state index in [0.29, 0.717) is 17.0 Å². The van der Waals surface area contributed by atoms with Gasteiger partial charge in [-0.2, -0.15) is 0 Å². The molecule has 0 fully saturated rings. The Morgan fingerprint density at radius 1 is 1.11 bits per heavy atom. The highest BCUT2D eigenvalue weighted by Crippen LogP contribution is 2.29. The van der Waals surface area contributed by atoms with Gasteiger partial charge in [-0.25, -0.2) is 0 Å². The minimum absolute atomic E-state index is 0.0519. The van der Waals surface area contributed by atoms with Gasteiger partial charge < -0.3 is 14.9 Å². The zero-order valence-corrected chi connectivity index (χ0v) is 15.2. The van der Waals surface area contributed by atoms with E-state index in [1.807, 2.05) is 0 Å². The van der Waals surface area contributed by atoms with Crippen LogP contribution in [0.2, 0.25) is 0 Å². The largest absolute Gasteiger partial charge is 0.481 e. The Hall–Kier alpha value is -3.29. The van der Waals surface area contributed by atoms with Gasteiger partial charge >= 0.3 is 17.9 Å². The number of aromatic nitrogens is 2. The number of esters is 1. The van der Waals surface area contributed by atoms with E-state index in [1.165, 1.54) is 31.5 Å². The zero-order chi connectivity index (χ0) is 20.2. The molecular formula is C19H20N2O6. The first-order chi connectivity index (χ1) is 12.7. The molecule has 0 amide bonds. The van der Waals surface area contributed by atoms with Crippen LogP contribution in [0.4, 0.5) is 0 Å². The molecule has 142 valence electrons. The number of carbonyl (C=O) groups excluding carboxylic acids is 1. The van der Waals surface area contributed by atoms with E-state index in [1.54, 1.807) is 26.0 Å². The molecule has 27 heavy (non-hydrogen) atoms. The summed E-state index contributed by atoms with van der Waals surface area (Å²) < 4.78 is 4.92. The number of carboxylic acid groups (broad SMARTS) is 2. The molecule has 8 nitrogen and oxygen atoms in total. The molecule has 0 spiro atoms. The lowest BCUT2D eigenvalue weighted by molar-refractivity contribution is -0.160. The molecule has 0 bridgehead atoms. The van der Waals surface area contributed by atoms with Crippen LogP contribution >= 0.6 is 0 Å². The predicted molar refractivity (Wildman–Crippen MR) is 95.1 cm³/mol. The number of carbonyl (C=O) groups is 3. The monoisotopic (exact) mass is 372 g/mol. The fourth-order valence-corrected chi connectivity index (χ4v) is 2.48. The number of hydrogen-bond donors (Lipinski definition) is 2. The van der Waals surface area contributed by atoms with Crippen LogP contribution in [0.5, 0.6) is 0 Å². The van der Waals surface area contributed by atoms with Crippen LogP contribution in [0.1, 0.15) is 37.8 Å². The summed E-state index contributed by atoms with van der Waals surface area (Å²) in [5.41, 5.74) is -0.481. The molecule has 2 unspecified atom stereocenters. The number of hydrogen-bond acceptors (Lipinski definition) is 6. The molecule has 2 rings (SSSR count). The second-order valence-electron chi connectivity index (χ2n) is 6.11. The van der Waals surface area contributed by atoms with E-state index in [2.05, 4.69) is 9.97 Å². The molecule has 8 heteroatoms. The lowest BCUT2D eigenvalue weighted by Gasteiger charge is -2.23. The number of rotatable bonds is 7. The highest BCUT2D eigenvalue weighted by molar-refractivity contribution is 6.05. The number of pyridine rings is 2. The summed E-state index contributed by atoms with van der Waals surface area (Å²) in [6, 6.07) is 6.04. The lowest BCUT2D eigenvalue weighted by Crippen LogP contribution is -2.42. The van der Waals surface area contributed by atoms with Crippen LogP contribution in [0.3, 0.4) is 0 Å². The van der Waals surface area contributed by atoms with Crippen LogP contribution < -0.4 is 0 Å². The summed E-state index contributed by atoms with van der Waals surface area (Å²) in [7, 11) is 0. The minimum Gasteiger partial charge on any atom is -0.481 e. The van der Waals surface area contributed by atoms with Gasteiger partial charge in [-0.05, 0) is 56.2 Å². The van der Waals surface area contributed by atoms with Crippen molar-refractivity contribution in [3.63, 3.8) is 0 Å². The van der Waals surface area contributed by atoms with Crippen LogP contribution in [-0.2, 0) is 24.5 Å². The maximum atomic E-state index is 12.3. The van der Waals surface area contributed by atoms with Crippen molar-refractivity contribution in [1.29, 1.82) is 0 Å². The van der Waals surface area contributed by atoms with E-state index >= 15 is 0 Å². The molecule has 0 aliphatic carbocycles. The summed E-state index contributed by atoms with van der Waals surface area (Å²) in [5, 5.41) is 18.8. The Balaban J connectivity index is 2.51. The number of ether oxygens (including phenoxy) is 1. The Kier molecular flexibility index (Phi) is 5.89. The van der Waals surface area contributed by atoms with Crippen LogP contribution in [-0.4, -0.2) is 44.7 Å². The van der Waals surface area contributed by atoms with Gasteiger partial charge in [0.15, 0.2) is 5.41 Å². The number of carboxylic acids is 2. The maximum Gasteiger partial charge on any atom is 0.327 e. The second kappa shape index (κ2) is 7.94. The van der Waals surface area contributed by atoms with Crippen molar-refractivity contribution < 1.29 is 29.3 Å². The number of aliphatic carboxylic acids is 2. The van der Waals surface area contributed by atoms with E-state index < -0.39 is 29.2 Å². The summed E-state index contributed by atoms with van der Waals surface area (Å²) >= 11 is 0. The smallest absolute Gasteiger partial charge is 0.327 e. The second-order valence-corrected chi connectivity index (χ2v) is 6.11. The third kappa shape index (κ3) is 3.94. The first-order valence-electron chi connectivity index (χ1n) is 8.28. The Morgan fingerprint density at radius 3 is 2.26 bits per heavy atom. The molecule has 0 radical (unpaired) electrons. The van der Waals surface area contributed by atoms with Gasteiger partial charge in [0, 0.05) is 12.4 Å². The third-order valence-electron chi connectivity index (χ3n) is 4.37. The molecule has 0 aromatic carbocycles. The molecular weight excluding hydrogens is 352 g/mol. The Labute approximate surface area is 155 Å². The molecule has 0 saturated heterocycles. The standard InChI is InChI=1S/C19H20N2O6/c1-4-27-18(26)19(3,17(24)25)13-6-8-21-15(10-13)14-9-12(5-7-20-14)11(2)16(22)23/h5-11H,4H2,1-3H3,(H,22,23)(H,24,25). The highest BCUT2D eigenvalue weighted by atomic mass is 16.5. The van der Waals surface area contributed by atoms with Gasteiger partial charge in [0.05, 0.1) is 23.9 Å². The van der Waals surface area contributed by atoms with Gasteiger partial charge in [0.25, 0.3) is 0 Å². The maximum absolute atomic E-state index is 12.3. The summed E-state index contributed by atoms with van der Waals surface area (Å²) in [4.78, 5) is 43.6. The third-order valence-corrected chi connectivity index (χ3v) is 4.37. The van der Waals surface area contributed by atoms with Crippen molar-refractivity contribution in [3.05, 3.63) is 47.8 Å². The van der Waals surface area contributed by atoms with Gasteiger partial charge in [-0.15, -0.1) is 0 Å². The van der Waals surface area contributed by atoms with E-state index in [4.69, 9.17) is 9.84 Å². The van der Waals surface area contributed by atoms with Crippen molar-refractivity contribution in [1.82, 2.24) is 9.97 Å². The quantitative estimate of drug-likeness (QED) is 0.560. The first kappa shape index (κ1) is 20.0. The molecule has 2 aromatic rings. The van der Waals surface area contributed by atoms with Crippen LogP contribution in [0.25, 0.3) is 11.4 Å². The Bertz CT molecular complexity index is 882. The summed E-state index contributed by atoms with van der Waals surface area (Å²) in [6.45, 7) is 4.46. The van der Waals surface area contributed by atoms with Crippen molar-refractivity contribution >= 4 is 17.9 Å². The van der Waals surface area contributed by atoms with E-state index in [9.17, 15) is 19.5 Å². The summed E-state index contributed by atoms with van der Waals surface area (Å²) in [6.07, 6.45) is 2.83. The normalized spacial score (nSPS) is 14.0. The minimum atomic E-state index is -1.90. The molecule has 2 atom stereocenters. The Morgan fingerprint density at radius 2 is 1.70 bits per heavy atom. The van der Waals surface area contributed by atoms with Gasteiger partial charge in [-0.3, -0.25) is 24.4 Å². The van der Waals surface area contributed by atoms with Crippen molar-refractivity contribution in [3.8, 4) is 11.4 Å². The van der Waals surface area contributed by atoms with E-state index in [0.717, 1.165) is 0 Å². The average molecular weight is 372 g/mol. The van der Waals surface area contributed by atoms with Crippen LogP contribution in [0.15, 0.2) is 36.7 Å². The van der Waals surface area contributed by atoms with Crippen molar-refractivity contribution in [2.24, 2.45) is 0 Å². The number of nitrogens with zero attached hydrogens (tertiary/aromatic N) is 2. The lowest BCUT2D eigenvalue weighted by atomic mass is 9.82. The van der Waals surface area contributed by atoms with Gasteiger partial charge in [0.1, 0.15) is 0 Å².